The standard InChI is InChI=1S/C22H22N2O/c1-25-22-9-5-8-20(21(22)14-23)17-12-18-10-11-19(13-17)24(18)15-16-6-3-2-4-7-16/h2-9,12,18-19H,10-11,13,15H2,1H3. The number of ether oxygens (including phenoxy) is 1. The first-order valence-corrected chi connectivity index (χ1v) is 8.88. The fraction of sp³-hybridized carbons (Fsp3) is 0.318. The van der Waals surface area contributed by atoms with Crippen molar-refractivity contribution in [2.75, 3.05) is 7.11 Å². The molecule has 2 heterocycles. The SMILES string of the molecule is COc1cccc(C2=CC3CCC(C2)N3Cc2ccccc2)c1C#N. The molecule has 0 spiro atoms. The van der Waals surface area contributed by atoms with E-state index < -0.39 is 0 Å². The van der Waals surface area contributed by atoms with Gasteiger partial charge in [-0.3, -0.25) is 4.90 Å². The Kier molecular flexibility index (Phi) is 4.29. The molecule has 1 fully saturated rings. The average molecular weight is 330 g/mol. The van der Waals surface area contributed by atoms with Gasteiger partial charge in [-0.05, 0) is 42.0 Å². The molecule has 2 aromatic rings. The lowest BCUT2D eigenvalue weighted by atomic mass is 9.91. The zero-order chi connectivity index (χ0) is 17.2. The minimum absolute atomic E-state index is 0.465. The van der Waals surface area contributed by atoms with Gasteiger partial charge in [-0.1, -0.05) is 48.5 Å². The van der Waals surface area contributed by atoms with Crippen LogP contribution in [0.3, 0.4) is 0 Å². The Labute approximate surface area is 149 Å². The fourth-order valence-corrected chi connectivity index (χ4v) is 4.24. The van der Waals surface area contributed by atoms with E-state index in [1.807, 2.05) is 12.1 Å². The molecule has 2 aromatic carbocycles. The molecule has 0 saturated carbocycles. The molecule has 0 aliphatic carbocycles. The molecular weight excluding hydrogens is 308 g/mol. The van der Waals surface area contributed by atoms with Crippen LogP contribution in [0.25, 0.3) is 5.57 Å². The molecule has 2 unspecified atom stereocenters. The van der Waals surface area contributed by atoms with E-state index in [9.17, 15) is 5.26 Å². The number of methoxy groups -OCH3 is 1. The Hall–Kier alpha value is -2.57. The van der Waals surface area contributed by atoms with Gasteiger partial charge in [0.25, 0.3) is 0 Å². The summed E-state index contributed by atoms with van der Waals surface area (Å²) in [5.41, 5.74) is 4.37. The maximum absolute atomic E-state index is 9.59. The van der Waals surface area contributed by atoms with Gasteiger partial charge in [0.1, 0.15) is 17.4 Å². The molecule has 1 saturated heterocycles. The van der Waals surface area contributed by atoms with E-state index in [-0.39, 0.29) is 0 Å². The minimum Gasteiger partial charge on any atom is -0.495 e. The zero-order valence-electron chi connectivity index (χ0n) is 14.5. The van der Waals surface area contributed by atoms with Crippen molar-refractivity contribution in [3.8, 4) is 11.8 Å². The van der Waals surface area contributed by atoms with Crippen molar-refractivity contribution >= 4 is 5.57 Å². The molecule has 0 amide bonds. The van der Waals surface area contributed by atoms with Crippen molar-refractivity contribution in [2.24, 2.45) is 0 Å². The third-order valence-corrected chi connectivity index (χ3v) is 5.45. The monoisotopic (exact) mass is 330 g/mol. The lowest BCUT2D eigenvalue weighted by Gasteiger charge is -2.34. The van der Waals surface area contributed by atoms with E-state index in [0.717, 1.165) is 18.5 Å². The van der Waals surface area contributed by atoms with Crippen molar-refractivity contribution in [2.45, 2.75) is 37.9 Å². The number of hydrogen-bond acceptors (Lipinski definition) is 3. The van der Waals surface area contributed by atoms with Crippen molar-refractivity contribution in [3.63, 3.8) is 0 Å². The molecule has 0 N–H and O–H groups in total. The van der Waals surface area contributed by atoms with Crippen molar-refractivity contribution in [1.29, 1.82) is 5.26 Å². The summed E-state index contributed by atoms with van der Waals surface area (Å²) in [4.78, 5) is 2.62. The first-order valence-electron chi connectivity index (χ1n) is 8.88. The maximum atomic E-state index is 9.59. The molecule has 25 heavy (non-hydrogen) atoms. The van der Waals surface area contributed by atoms with Crippen molar-refractivity contribution in [1.82, 2.24) is 4.90 Å². The summed E-state index contributed by atoms with van der Waals surface area (Å²) in [5.74, 6) is 0.667. The Balaban J connectivity index is 1.63. The molecule has 2 aliphatic rings. The van der Waals surface area contributed by atoms with Gasteiger partial charge in [-0.2, -0.15) is 5.26 Å². The Bertz CT molecular complexity index is 835. The maximum Gasteiger partial charge on any atom is 0.137 e. The number of nitrogens with zero attached hydrogens (tertiary/aromatic N) is 2. The smallest absolute Gasteiger partial charge is 0.137 e. The van der Waals surface area contributed by atoms with Crippen LogP contribution < -0.4 is 4.74 Å². The van der Waals surface area contributed by atoms with Crippen LogP contribution in [0.15, 0.2) is 54.6 Å². The van der Waals surface area contributed by atoms with Crippen LogP contribution in [-0.4, -0.2) is 24.1 Å². The van der Waals surface area contributed by atoms with Gasteiger partial charge in [0.05, 0.1) is 7.11 Å². The molecule has 0 aromatic heterocycles. The average Bonchev–Trinajstić information content (AvgIpc) is 2.89. The molecular formula is C22H22N2O. The first kappa shape index (κ1) is 15.9. The molecule has 2 bridgehead atoms. The summed E-state index contributed by atoms with van der Waals surface area (Å²) >= 11 is 0. The Morgan fingerprint density at radius 1 is 1.12 bits per heavy atom. The quantitative estimate of drug-likeness (QED) is 0.834. The predicted molar refractivity (Wildman–Crippen MR) is 99.1 cm³/mol. The van der Waals surface area contributed by atoms with E-state index in [1.165, 1.54) is 24.0 Å². The van der Waals surface area contributed by atoms with Gasteiger partial charge in [0.15, 0.2) is 0 Å². The number of benzene rings is 2. The van der Waals surface area contributed by atoms with Gasteiger partial charge in [-0.25, -0.2) is 0 Å². The van der Waals surface area contributed by atoms with E-state index in [1.54, 1.807) is 7.11 Å². The van der Waals surface area contributed by atoms with Gasteiger partial charge in [0, 0.05) is 18.6 Å². The summed E-state index contributed by atoms with van der Waals surface area (Å²) < 4.78 is 5.38. The highest BCUT2D eigenvalue weighted by Gasteiger charge is 2.37. The van der Waals surface area contributed by atoms with Crippen LogP contribution >= 0.6 is 0 Å². The van der Waals surface area contributed by atoms with E-state index in [0.29, 0.717) is 23.4 Å². The normalized spacial score (nSPS) is 22.3. The number of hydrogen-bond donors (Lipinski definition) is 0. The summed E-state index contributed by atoms with van der Waals surface area (Å²) in [5, 5.41) is 9.59. The van der Waals surface area contributed by atoms with Crippen LogP contribution in [0, 0.1) is 11.3 Å². The van der Waals surface area contributed by atoms with Crippen LogP contribution in [0.4, 0.5) is 0 Å². The second kappa shape index (κ2) is 6.74. The third-order valence-electron chi connectivity index (χ3n) is 5.45. The highest BCUT2D eigenvalue weighted by Crippen LogP contribution is 2.41. The predicted octanol–water partition coefficient (Wildman–Crippen LogP) is 4.39. The fourth-order valence-electron chi connectivity index (χ4n) is 4.24. The number of nitriles is 1. The van der Waals surface area contributed by atoms with Crippen LogP contribution in [-0.2, 0) is 6.54 Å². The Morgan fingerprint density at radius 2 is 1.96 bits per heavy atom. The zero-order valence-corrected chi connectivity index (χ0v) is 14.5. The molecule has 2 atom stereocenters. The molecule has 2 aliphatic heterocycles. The van der Waals surface area contributed by atoms with E-state index in [2.05, 4.69) is 53.4 Å². The second-order valence-electron chi connectivity index (χ2n) is 6.85. The molecule has 126 valence electrons. The van der Waals surface area contributed by atoms with Gasteiger partial charge in [0.2, 0.25) is 0 Å². The van der Waals surface area contributed by atoms with Gasteiger partial charge < -0.3 is 4.74 Å². The van der Waals surface area contributed by atoms with Crippen molar-refractivity contribution < 1.29 is 4.74 Å². The van der Waals surface area contributed by atoms with Gasteiger partial charge in [-0.15, -0.1) is 0 Å². The molecule has 3 nitrogen and oxygen atoms in total. The first-order chi connectivity index (χ1) is 12.3. The van der Waals surface area contributed by atoms with Crippen molar-refractivity contribution in [3.05, 3.63) is 71.3 Å². The summed E-state index contributed by atoms with van der Waals surface area (Å²) in [6.45, 7) is 1.00. The topological polar surface area (TPSA) is 36.3 Å². The Morgan fingerprint density at radius 3 is 2.68 bits per heavy atom. The van der Waals surface area contributed by atoms with E-state index >= 15 is 0 Å². The number of rotatable bonds is 4. The van der Waals surface area contributed by atoms with Gasteiger partial charge >= 0.3 is 0 Å². The summed E-state index contributed by atoms with van der Waals surface area (Å²) in [7, 11) is 1.63. The highest BCUT2D eigenvalue weighted by atomic mass is 16.5. The highest BCUT2D eigenvalue weighted by molar-refractivity contribution is 5.74. The van der Waals surface area contributed by atoms with Crippen LogP contribution in [0.1, 0.15) is 36.0 Å². The largest absolute Gasteiger partial charge is 0.495 e. The summed E-state index contributed by atoms with van der Waals surface area (Å²) in [6, 6.07) is 19.9. The van der Waals surface area contributed by atoms with E-state index in [4.69, 9.17) is 4.74 Å². The van der Waals surface area contributed by atoms with Crippen LogP contribution in [0.2, 0.25) is 0 Å². The second-order valence-corrected chi connectivity index (χ2v) is 6.85. The molecule has 0 radical (unpaired) electrons. The minimum atomic E-state index is 0.465. The lowest BCUT2D eigenvalue weighted by molar-refractivity contribution is 0.203. The lowest BCUT2D eigenvalue weighted by Crippen LogP contribution is -2.37. The number of fused-ring (bicyclic) bond motifs is 2. The molecule has 3 heteroatoms. The van der Waals surface area contributed by atoms with Crippen LogP contribution in [0.5, 0.6) is 5.75 Å². The summed E-state index contributed by atoms with van der Waals surface area (Å²) in [6.07, 6.45) is 5.81. The molecule has 4 rings (SSSR count). The third kappa shape index (κ3) is 2.94.